The second-order valence-electron chi connectivity index (χ2n) is 4.92. The molecule has 21 heavy (non-hydrogen) atoms. The van der Waals surface area contributed by atoms with Crippen molar-refractivity contribution in [1.29, 1.82) is 0 Å². The first kappa shape index (κ1) is 13.7. The van der Waals surface area contributed by atoms with Crippen LogP contribution >= 0.6 is 0 Å². The fourth-order valence-electron chi connectivity index (χ4n) is 2.22. The zero-order valence-electron chi connectivity index (χ0n) is 11.2. The normalized spacial score (nSPS) is 20.5. The maximum atomic E-state index is 11.4. The van der Waals surface area contributed by atoms with Gasteiger partial charge in [0.1, 0.15) is 0 Å². The quantitative estimate of drug-likeness (QED) is 0.772. The van der Waals surface area contributed by atoms with Gasteiger partial charge in [0, 0.05) is 18.9 Å². The van der Waals surface area contributed by atoms with Gasteiger partial charge in [-0.2, -0.15) is 20.1 Å². The summed E-state index contributed by atoms with van der Waals surface area (Å²) < 4.78 is 24.3. The van der Waals surface area contributed by atoms with E-state index in [-0.39, 0.29) is 23.4 Å². The molecule has 1 saturated heterocycles. The van der Waals surface area contributed by atoms with E-state index in [2.05, 4.69) is 25.4 Å². The van der Waals surface area contributed by atoms with E-state index in [9.17, 15) is 8.42 Å². The van der Waals surface area contributed by atoms with Crippen molar-refractivity contribution in [2.24, 2.45) is 5.92 Å². The Balaban J connectivity index is 1.71. The van der Waals surface area contributed by atoms with E-state index < -0.39 is 9.84 Å². The average Bonchev–Trinajstić information content (AvgIpc) is 3.05. The van der Waals surface area contributed by atoms with E-state index in [1.54, 1.807) is 18.5 Å². The maximum absolute atomic E-state index is 11.4. The summed E-state index contributed by atoms with van der Waals surface area (Å²) in [6.45, 7) is 0.487. The first-order chi connectivity index (χ1) is 10.0. The molecule has 0 radical (unpaired) electrons. The van der Waals surface area contributed by atoms with E-state index >= 15 is 0 Å². The number of sulfone groups is 1. The summed E-state index contributed by atoms with van der Waals surface area (Å²) in [6.07, 6.45) is 3.96. The van der Waals surface area contributed by atoms with Gasteiger partial charge in [0.25, 0.3) is 5.95 Å². The molecule has 0 bridgehead atoms. The largest absolute Gasteiger partial charge is 0.368 e. The lowest BCUT2D eigenvalue weighted by molar-refractivity contribution is 0.595. The van der Waals surface area contributed by atoms with Crippen molar-refractivity contribution in [3.8, 4) is 5.95 Å². The molecular weight excluding hydrogens is 294 g/mol. The van der Waals surface area contributed by atoms with Crippen molar-refractivity contribution in [1.82, 2.24) is 24.7 Å². The van der Waals surface area contributed by atoms with Gasteiger partial charge in [0.05, 0.1) is 11.5 Å². The van der Waals surface area contributed by atoms with Crippen LogP contribution in [0, 0.1) is 5.92 Å². The predicted molar refractivity (Wildman–Crippen MR) is 76.6 cm³/mol. The zero-order chi connectivity index (χ0) is 14.9. The first-order valence-electron chi connectivity index (χ1n) is 6.48. The van der Waals surface area contributed by atoms with Crippen LogP contribution in [-0.4, -0.2) is 51.2 Å². The van der Waals surface area contributed by atoms with Crippen molar-refractivity contribution >= 4 is 21.7 Å². The summed E-state index contributed by atoms with van der Waals surface area (Å²) in [4.78, 5) is 12.2. The molecule has 3 rings (SSSR count). The zero-order valence-corrected chi connectivity index (χ0v) is 12.0. The maximum Gasteiger partial charge on any atom is 0.257 e. The van der Waals surface area contributed by atoms with Gasteiger partial charge in [-0.05, 0) is 18.4 Å². The van der Waals surface area contributed by atoms with Crippen LogP contribution in [0.4, 0.5) is 11.9 Å². The summed E-state index contributed by atoms with van der Waals surface area (Å²) in [7, 11) is -2.88. The molecule has 1 atom stereocenters. The van der Waals surface area contributed by atoms with E-state index in [4.69, 9.17) is 5.73 Å². The highest BCUT2D eigenvalue weighted by Gasteiger charge is 2.27. The van der Waals surface area contributed by atoms with Crippen LogP contribution < -0.4 is 11.1 Å². The van der Waals surface area contributed by atoms with E-state index in [0.717, 1.165) is 0 Å². The number of aromatic nitrogens is 5. The summed E-state index contributed by atoms with van der Waals surface area (Å²) in [5.74, 6) is 1.23. The Morgan fingerprint density at radius 1 is 1.38 bits per heavy atom. The highest BCUT2D eigenvalue weighted by Crippen LogP contribution is 2.18. The van der Waals surface area contributed by atoms with Gasteiger partial charge >= 0.3 is 0 Å². The van der Waals surface area contributed by atoms with Crippen molar-refractivity contribution in [2.45, 2.75) is 6.42 Å². The molecule has 3 N–H and O–H groups in total. The predicted octanol–water partition coefficient (Wildman–Crippen LogP) is -0.514. The van der Waals surface area contributed by atoms with Gasteiger partial charge in [-0.15, -0.1) is 0 Å². The number of anilines is 2. The van der Waals surface area contributed by atoms with Gasteiger partial charge in [0.2, 0.25) is 11.9 Å². The minimum absolute atomic E-state index is 0.0705. The minimum Gasteiger partial charge on any atom is -0.368 e. The number of hydrogen-bond acceptors (Lipinski definition) is 8. The summed E-state index contributed by atoms with van der Waals surface area (Å²) in [6, 6.07) is 1.75. The number of nitrogens with zero attached hydrogens (tertiary/aromatic N) is 5. The smallest absolute Gasteiger partial charge is 0.257 e. The Bertz CT molecular complexity index is 729. The van der Waals surface area contributed by atoms with Gasteiger partial charge in [-0.25, -0.2) is 13.1 Å². The molecule has 1 fully saturated rings. The SMILES string of the molecule is Nc1nc(NCC2CCS(=O)(=O)C2)nc(-n2cccn2)n1. The Labute approximate surface area is 121 Å². The lowest BCUT2D eigenvalue weighted by atomic mass is 10.1. The third-order valence-corrected chi connectivity index (χ3v) is 5.06. The van der Waals surface area contributed by atoms with Crippen LogP contribution in [0.5, 0.6) is 0 Å². The second kappa shape index (κ2) is 5.28. The van der Waals surface area contributed by atoms with Gasteiger partial charge < -0.3 is 11.1 Å². The molecule has 1 unspecified atom stereocenters. The molecule has 2 aromatic heterocycles. The molecule has 0 amide bonds. The van der Waals surface area contributed by atoms with Crippen LogP contribution in [0.1, 0.15) is 6.42 Å². The van der Waals surface area contributed by atoms with Crippen molar-refractivity contribution < 1.29 is 8.42 Å². The fourth-order valence-corrected chi connectivity index (χ4v) is 4.08. The average molecular weight is 309 g/mol. The standard InChI is InChI=1S/C11H15N7O2S/c12-9-15-10(13-6-8-2-5-21(19,20)7-8)17-11(16-9)18-4-1-3-14-18/h1,3-4,8H,2,5-7H2,(H3,12,13,15,16,17). The Morgan fingerprint density at radius 3 is 2.90 bits per heavy atom. The first-order valence-corrected chi connectivity index (χ1v) is 8.30. The van der Waals surface area contributed by atoms with Crippen LogP contribution in [0.2, 0.25) is 0 Å². The molecule has 0 saturated carbocycles. The van der Waals surface area contributed by atoms with Crippen LogP contribution in [0.15, 0.2) is 18.5 Å². The fraction of sp³-hybridized carbons (Fsp3) is 0.455. The van der Waals surface area contributed by atoms with Crippen molar-refractivity contribution in [2.75, 3.05) is 29.1 Å². The third-order valence-electron chi connectivity index (χ3n) is 3.23. The molecule has 1 aliphatic heterocycles. The number of nitrogens with one attached hydrogen (secondary N) is 1. The van der Waals surface area contributed by atoms with Crippen LogP contribution in [-0.2, 0) is 9.84 Å². The Hall–Kier alpha value is -2.23. The molecule has 2 aromatic rings. The van der Waals surface area contributed by atoms with Gasteiger partial charge in [-0.3, -0.25) is 0 Å². The van der Waals surface area contributed by atoms with E-state index in [1.807, 2.05) is 0 Å². The number of rotatable bonds is 4. The van der Waals surface area contributed by atoms with Gasteiger partial charge in [-0.1, -0.05) is 0 Å². The van der Waals surface area contributed by atoms with Gasteiger partial charge in [0.15, 0.2) is 9.84 Å². The second-order valence-corrected chi connectivity index (χ2v) is 7.15. The molecule has 10 heteroatoms. The number of hydrogen-bond donors (Lipinski definition) is 2. The van der Waals surface area contributed by atoms with E-state index in [0.29, 0.717) is 24.9 Å². The van der Waals surface area contributed by atoms with Crippen LogP contribution in [0.3, 0.4) is 0 Å². The number of nitrogen functional groups attached to an aromatic ring is 1. The van der Waals surface area contributed by atoms with E-state index in [1.165, 1.54) is 4.68 Å². The molecular formula is C11H15N7O2S. The molecule has 0 spiro atoms. The molecule has 9 nitrogen and oxygen atoms in total. The Kier molecular flexibility index (Phi) is 3.45. The number of nitrogens with two attached hydrogens (primary N) is 1. The van der Waals surface area contributed by atoms with Crippen LogP contribution in [0.25, 0.3) is 5.95 Å². The van der Waals surface area contributed by atoms with Crippen molar-refractivity contribution in [3.05, 3.63) is 18.5 Å². The molecule has 0 aromatic carbocycles. The summed E-state index contributed by atoms with van der Waals surface area (Å²) in [5.41, 5.74) is 5.65. The lowest BCUT2D eigenvalue weighted by Gasteiger charge is -2.10. The highest BCUT2D eigenvalue weighted by atomic mass is 32.2. The molecule has 0 aliphatic carbocycles. The summed E-state index contributed by atoms with van der Waals surface area (Å²) in [5, 5.41) is 7.05. The molecule has 3 heterocycles. The van der Waals surface area contributed by atoms with Crippen molar-refractivity contribution in [3.63, 3.8) is 0 Å². The Morgan fingerprint density at radius 2 is 2.24 bits per heavy atom. The molecule has 1 aliphatic rings. The summed E-state index contributed by atoms with van der Waals surface area (Å²) >= 11 is 0. The molecule has 112 valence electrons. The topological polar surface area (TPSA) is 129 Å². The third kappa shape index (κ3) is 3.27. The highest BCUT2D eigenvalue weighted by molar-refractivity contribution is 7.91. The lowest BCUT2D eigenvalue weighted by Crippen LogP contribution is -2.18. The minimum atomic E-state index is -2.88. The monoisotopic (exact) mass is 309 g/mol.